The first kappa shape index (κ1) is 7.12. The highest BCUT2D eigenvalue weighted by Crippen LogP contribution is 2.17. The molecule has 62 valence electrons. The molecule has 0 amide bonds. The molecule has 0 unspecified atom stereocenters. The van der Waals surface area contributed by atoms with Crippen LogP contribution in [0.15, 0.2) is 28.9 Å². The Hall–Kier alpha value is -1.55. The van der Waals surface area contributed by atoms with Crippen LogP contribution in [0.1, 0.15) is 5.69 Å². The number of aromatic amines is 1. The van der Waals surface area contributed by atoms with Crippen LogP contribution in [0.5, 0.6) is 0 Å². The maximum Gasteiger partial charge on any atom is 0.154 e. The maximum atomic E-state index is 5.41. The molecule has 0 aliphatic heterocycles. The first-order chi connectivity index (χ1) is 5.90. The standard InChI is InChI=1S/C8H9N3O/c9-5-6-4-7(11-10-6)8-2-1-3-12-8/h1-4H,5,9H2,(H,10,11). The van der Waals surface area contributed by atoms with Crippen LogP contribution < -0.4 is 5.73 Å². The van der Waals surface area contributed by atoms with Gasteiger partial charge in [-0.1, -0.05) is 0 Å². The molecule has 0 fully saturated rings. The van der Waals surface area contributed by atoms with E-state index in [1.807, 2.05) is 18.2 Å². The summed E-state index contributed by atoms with van der Waals surface area (Å²) in [7, 11) is 0. The fraction of sp³-hybridized carbons (Fsp3) is 0.125. The van der Waals surface area contributed by atoms with E-state index in [0.29, 0.717) is 6.54 Å². The molecule has 2 heterocycles. The Labute approximate surface area is 69.4 Å². The molecule has 0 atom stereocenters. The number of nitrogens with zero attached hydrogens (tertiary/aromatic N) is 1. The van der Waals surface area contributed by atoms with E-state index in [1.165, 1.54) is 0 Å². The molecular formula is C8H9N3O. The van der Waals surface area contributed by atoms with E-state index < -0.39 is 0 Å². The summed E-state index contributed by atoms with van der Waals surface area (Å²) in [4.78, 5) is 0. The Bertz CT molecular complexity index is 350. The summed E-state index contributed by atoms with van der Waals surface area (Å²) < 4.78 is 5.15. The second-order valence-electron chi connectivity index (χ2n) is 2.46. The summed E-state index contributed by atoms with van der Waals surface area (Å²) in [5.74, 6) is 0.756. The lowest BCUT2D eigenvalue weighted by Crippen LogP contribution is -1.95. The van der Waals surface area contributed by atoms with Gasteiger partial charge in [0.1, 0.15) is 5.69 Å². The molecule has 0 saturated carbocycles. The zero-order valence-electron chi connectivity index (χ0n) is 6.45. The molecule has 0 spiro atoms. The minimum Gasteiger partial charge on any atom is -0.463 e. The zero-order valence-corrected chi connectivity index (χ0v) is 6.45. The average Bonchev–Trinajstić information content (AvgIpc) is 2.75. The number of hydrogen-bond acceptors (Lipinski definition) is 3. The number of nitrogens with two attached hydrogens (primary N) is 1. The van der Waals surface area contributed by atoms with Crippen molar-refractivity contribution in [2.75, 3.05) is 0 Å². The molecule has 4 heteroatoms. The van der Waals surface area contributed by atoms with E-state index in [9.17, 15) is 0 Å². The molecule has 0 saturated heterocycles. The van der Waals surface area contributed by atoms with Gasteiger partial charge in [-0.05, 0) is 18.2 Å². The lowest BCUT2D eigenvalue weighted by atomic mass is 10.3. The van der Waals surface area contributed by atoms with Crippen molar-refractivity contribution in [3.8, 4) is 11.5 Å². The van der Waals surface area contributed by atoms with Crippen LogP contribution in [0.4, 0.5) is 0 Å². The van der Waals surface area contributed by atoms with Gasteiger partial charge in [0.2, 0.25) is 0 Å². The third-order valence-electron chi connectivity index (χ3n) is 1.62. The molecule has 0 aliphatic rings. The average molecular weight is 163 g/mol. The highest BCUT2D eigenvalue weighted by molar-refractivity contribution is 5.51. The van der Waals surface area contributed by atoms with Gasteiger partial charge in [0.25, 0.3) is 0 Å². The molecule has 2 aromatic heterocycles. The molecule has 2 aromatic rings. The Morgan fingerprint density at radius 3 is 3.08 bits per heavy atom. The molecule has 12 heavy (non-hydrogen) atoms. The summed E-state index contributed by atoms with van der Waals surface area (Å²) in [6.07, 6.45) is 1.62. The van der Waals surface area contributed by atoms with Crippen LogP contribution in [0.2, 0.25) is 0 Å². The summed E-state index contributed by atoms with van der Waals surface area (Å²) in [5, 5.41) is 6.84. The molecule has 0 bridgehead atoms. The highest BCUT2D eigenvalue weighted by atomic mass is 16.3. The number of hydrogen-bond donors (Lipinski definition) is 2. The fourth-order valence-corrected chi connectivity index (χ4v) is 1.02. The van der Waals surface area contributed by atoms with Crippen molar-refractivity contribution in [3.05, 3.63) is 30.2 Å². The largest absolute Gasteiger partial charge is 0.463 e. The minimum absolute atomic E-state index is 0.466. The van der Waals surface area contributed by atoms with Gasteiger partial charge < -0.3 is 10.2 Å². The van der Waals surface area contributed by atoms with Gasteiger partial charge in [-0.2, -0.15) is 5.10 Å². The van der Waals surface area contributed by atoms with Crippen LogP contribution in [0.3, 0.4) is 0 Å². The smallest absolute Gasteiger partial charge is 0.154 e. The Balaban J connectivity index is 2.35. The predicted molar refractivity (Wildman–Crippen MR) is 44.2 cm³/mol. The number of H-pyrrole nitrogens is 1. The molecule has 0 aliphatic carbocycles. The first-order valence-corrected chi connectivity index (χ1v) is 3.68. The normalized spacial score (nSPS) is 10.4. The molecule has 0 aromatic carbocycles. The summed E-state index contributed by atoms with van der Waals surface area (Å²) in [5.41, 5.74) is 7.11. The monoisotopic (exact) mass is 163 g/mol. The van der Waals surface area contributed by atoms with Gasteiger partial charge in [0.05, 0.1) is 6.26 Å². The van der Waals surface area contributed by atoms with Crippen molar-refractivity contribution >= 4 is 0 Å². The summed E-state index contributed by atoms with van der Waals surface area (Å²) >= 11 is 0. The SMILES string of the molecule is NCc1cc(-c2ccco2)n[nH]1. The quantitative estimate of drug-likeness (QED) is 0.697. The molecule has 3 N–H and O–H groups in total. The van der Waals surface area contributed by atoms with E-state index in [0.717, 1.165) is 17.1 Å². The van der Waals surface area contributed by atoms with E-state index in [4.69, 9.17) is 10.2 Å². The number of rotatable bonds is 2. The fourth-order valence-electron chi connectivity index (χ4n) is 1.02. The number of furan rings is 1. The predicted octanol–water partition coefficient (Wildman–Crippen LogP) is 1.13. The zero-order chi connectivity index (χ0) is 8.39. The lowest BCUT2D eigenvalue weighted by Gasteiger charge is -1.84. The molecule has 4 nitrogen and oxygen atoms in total. The molecule has 2 rings (SSSR count). The number of aromatic nitrogens is 2. The lowest BCUT2D eigenvalue weighted by molar-refractivity contribution is 0.580. The van der Waals surface area contributed by atoms with Gasteiger partial charge in [-0.3, -0.25) is 5.10 Å². The van der Waals surface area contributed by atoms with Gasteiger partial charge in [-0.25, -0.2) is 0 Å². The van der Waals surface area contributed by atoms with Gasteiger partial charge in [0.15, 0.2) is 5.76 Å². The molecular weight excluding hydrogens is 154 g/mol. The third kappa shape index (κ3) is 1.12. The second kappa shape index (κ2) is 2.83. The van der Waals surface area contributed by atoms with Crippen molar-refractivity contribution in [1.82, 2.24) is 10.2 Å². The summed E-state index contributed by atoms with van der Waals surface area (Å²) in [6, 6.07) is 5.56. The van der Waals surface area contributed by atoms with Crippen LogP contribution in [-0.2, 0) is 6.54 Å². The third-order valence-corrected chi connectivity index (χ3v) is 1.62. The first-order valence-electron chi connectivity index (χ1n) is 3.68. The topological polar surface area (TPSA) is 67.8 Å². The van der Waals surface area contributed by atoms with E-state index in [2.05, 4.69) is 10.2 Å². The van der Waals surface area contributed by atoms with Gasteiger partial charge >= 0.3 is 0 Å². The van der Waals surface area contributed by atoms with E-state index >= 15 is 0 Å². The van der Waals surface area contributed by atoms with Crippen molar-refractivity contribution in [3.63, 3.8) is 0 Å². The summed E-state index contributed by atoms with van der Waals surface area (Å²) in [6.45, 7) is 0.466. The van der Waals surface area contributed by atoms with Crippen molar-refractivity contribution in [2.24, 2.45) is 5.73 Å². The molecule has 0 radical (unpaired) electrons. The van der Waals surface area contributed by atoms with Gasteiger partial charge in [0, 0.05) is 12.2 Å². The van der Waals surface area contributed by atoms with E-state index in [-0.39, 0.29) is 0 Å². The minimum atomic E-state index is 0.466. The maximum absolute atomic E-state index is 5.41. The second-order valence-corrected chi connectivity index (χ2v) is 2.46. The Morgan fingerprint density at radius 1 is 1.58 bits per heavy atom. The highest BCUT2D eigenvalue weighted by Gasteiger charge is 2.03. The van der Waals surface area contributed by atoms with Crippen molar-refractivity contribution in [2.45, 2.75) is 6.54 Å². The number of nitrogens with one attached hydrogen (secondary N) is 1. The Kier molecular flexibility index (Phi) is 1.68. The Morgan fingerprint density at radius 2 is 2.50 bits per heavy atom. The van der Waals surface area contributed by atoms with Gasteiger partial charge in [-0.15, -0.1) is 0 Å². The van der Waals surface area contributed by atoms with Crippen LogP contribution in [0, 0.1) is 0 Å². The van der Waals surface area contributed by atoms with E-state index in [1.54, 1.807) is 6.26 Å². The van der Waals surface area contributed by atoms with Crippen LogP contribution in [0.25, 0.3) is 11.5 Å². The van der Waals surface area contributed by atoms with Crippen molar-refractivity contribution < 1.29 is 4.42 Å². The van der Waals surface area contributed by atoms with Crippen LogP contribution >= 0.6 is 0 Å². The van der Waals surface area contributed by atoms with Crippen LogP contribution in [-0.4, -0.2) is 10.2 Å². The van der Waals surface area contributed by atoms with Crippen molar-refractivity contribution in [1.29, 1.82) is 0 Å².